The van der Waals surface area contributed by atoms with E-state index in [1.165, 1.54) is 24.8 Å². The molecule has 0 spiro atoms. The third kappa shape index (κ3) is 3.27. The van der Waals surface area contributed by atoms with Crippen molar-refractivity contribution < 1.29 is 4.79 Å². The Morgan fingerprint density at radius 1 is 1.27 bits per heavy atom. The van der Waals surface area contributed by atoms with Gasteiger partial charge in [-0.1, -0.05) is 37.5 Å². The fourth-order valence-electron chi connectivity index (χ4n) is 3.74. The van der Waals surface area contributed by atoms with Gasteiger partial charge in [0.15, 0.2) is 0 Å². The van der Waals surface area contributed by atoms with Gasteiger partial charge in [0.05, 0.1) is 0 Å². The van der Waals surface area contributed by atoms with Crippen LogP contribution < -0.4 is 16.0 Å². The highest BCUT2D eigenvalue weighted by Gasteiger charge is 2.30. The molecular formula is C18H27N3O. The van der Waals surface area contributed by atoms with E-state index in [4.69, 9.17) is 5.73 Å². The number of nitrogens with zero attached hydrogens (tertiary/aromatic N) is 1. The zero-order valence-electron chi connectivity index (χ0n) is 13.4. The van der Waals surface area contributed by atoms with Crippen molar-refractivity contribution in [2.75, 3.05) is 11.4 Å². The summed E-state index contributed by atoms with van der Waals surface area (Å²) in [5.74, 6) is 0.135. The highest BCUT2D eigenvalue weighted by molar-refractivity contribution is 5.85. The number of nitrogens with one attached hydrogen (secondary N) is 1. The summed E-state index contributed by atoms with van der Waals surface area (Å²) in [6, 6.07) is 8.58. The normalized spacial score (nSPS) is 23.7. The molecule has 2 atom stereocenters. The third-order valence-electron chi connectivity index (χ3n) is 5.01. The van der Waals surface area contributed by atoms with E-state index in [1.807, 2.05) is 19.1 Å². The fraction of sp³-hybridized carbons (Fsp3) is 0.611. The number of carbonyl (C=O) groups is 1. The summed E-state index contributed by atoms with van der Waals surface area (Å²) < 4.78 is 0. The van der Waals surface area contributed by atoms with Crippen LogP contribution in [-0.2, 0) is 11.2 Å². The van der Waals surface area contributed by atoms with Crippen molar-refractivity contribution in [1.82, 2.24) is 5.32 Å². The molecule has 1 heterocycles. The number of hydrogen-bond acceptors (Lipinski definition) is 3. The Morgan fingerprint density at radius 3 is 2.77 bits per heavy atom. The monoisotopic (exact) mass is 301 g/mol. The summed E-state index contributed by atoms with van der Waals surface area (Å²) in [5, 5.41) is 3.24. The van der Waals surface area contributed by atoms with Crippen molar-refractivity contribution in [3.63, 3.8) is 0 Å². The molecule has 3 rings (SSSR count). The number of benzene rings is 1. The zero-order valence-corrected chi connectivity index (χ0v) is 13.4. The van der Waals surface area contributed by atoms with Crippen LogP contribution in [0.15, 0.2) is 24.3 Å². The quantitative estimate of drug-likeness (QED) is 0.900. The Kier molecular flexibility index (Phi) is 4.67. The largest absolute Gasteiger partial charge is 0.358 e. The van der Waals surface area contributed by atoms with Crippen LogP contribution in [-0.4, -0.2) is 30.6 Å². The van der Waals surface area contributed by atoms with E-state index in [2.05, 4.69) is 22.3 Å². The van der Waals surface area contributed by atoms with Gasteiger partial charge < -0.3 is 16.0 Å². The maximum absolute atomic E-state index is 12.6. The van der Waals surface area contributed by atoms with Crippen molar-refractivity contribution >= 4 is 11.6 Å². The van der Waals surface area contributed by atoms with Gasteiger partial charge in [0, 0.05) is 24.3 Å². The smallest absolute Gasteiger partial charge is 0.242 e. The maximum Gasteiger partial charge on any atom is 0.242 e. The van der Waals surface area contributed by atoms with Crippen molar-refractivity contribution in [3.05, 3.63) is 29.8 Å². The van der Waals surface area contributed by atoms with Gasteiger partial charge in [0.2, 0.25) is 5.91 Å². The van der Waals surface area contributed by atoms with Gasteiger partial charge in [0.1, 0.15) is 6.04 Å². The van der Waals surface area contributed by atoms with Crippen LogP contribution in [0, 0.1) is 0 Å². The predicted octanol–water partition coefficient (Wildman–Crippen LogP) is 2.21. The van der Waals surface area contributed by atoms with E-state index in [9.17, 15) is 4.79 Å². The van der Waals surface area contributed by atoms with Gasteiger partial charge in [-0.3, -0.25) is 4.79 Å². The van der Waals surface area contributed by atoms with E-state index in [0.717, 1.165) is 31.5 Å². The fourth-order valence-corrected chi connectivity index (χ4v) is 3.74. The van der Waals surface area contributed by atoms with Crippen molar-refractivity contribution in [1.29, 1.82) is 0 Å². The summed E-state index contributed by atoms with van der Waals surface area (Å²) in [6.45, 7) is 2.74. The van der Waals surface area contributed by atoms with Gasteiger partial charge in [-0.05, 0) is 37.8 Å². The van der Waals surface area contributed by atoms with Crippen LogP contribution >= 0.6 is 0 Å². The van der Waals surface area contributed by atoms with E-state index in [-0.39, 0.29) is 18.0 Å². The summed E-state index contributed by atoms with van der Waals surface area (Å²) in [5.41, 5.74) is 8.60. The van der Waals surface area contributed by atoms with E-state index >= 15 is 0 Å². The number of rotatable bonds is 3. The SMILES string of the molecule is CC(C(=O)NC1CCCCC1)N1CC(N)Cc2ccccc21. The molecule has 0 radical (unpaired) electrons. The number of para-hydroxylation sites is 1. The lowest BCUT2D eigenvalue weighted by Gasteiger charge is -2.38. The number of hydrogen-bond donors (Lipinski definition) is 2. The summed E-state index contributed by atoms with van der Waals surface area (Å²) >= 11 is 0. The van der Waals surface area contributed by atoms with Crippen LogP contribution in [0.25, 0.3) is 0 Å². The molecule has 0 bridgehead atoms. The molecule has 3 N–H and O–H groups in total. The number of fused-ring (bicyclic) bond motifs is 1. The highest BCUT2D eigenvalue weighted by Crippen LogP contribution is 2.28. The van der Waals surface area contributed by atoms with Crippen LogP contribution in [0.4, 0.5) is 5.69 Å². The number of carbonyl (C=O) groups excluding carboxylic acids is 1. The summed E-state index contributed by atoms with van der Waals surface area (Å²) in [7, 11) is 0. The molecule has 1 amide bonds. The van der Waals surface area contributed by atoms with Gasteiger partial charge in [-0.25, -0.2) is 0 Å². The van der Waals surface area contributed by atoms with Crippen LogP contribution in [0.3, 0.4) is 0 Å². The Bertz CT molecular complexity index is 525. The highest BCUT2D eigenvalue weighted by atomic mass is 16.2. The molecule has 1 fully saturated rings. The van der Waals surface area contributed by atoms with Gasteiger partial charge >= 0.3 is 0 Å². The minimum Gasteiger partial charge on any atom is -0.358 e. The van der Waals surface area contributed by atoms with Crippen molar-refractivity contribution in [2.24, 2.45) is 5.73 Å². The maximum atomic E-state index is 12.6. The summed E-state index contributed by atoms with van der Waals surface area (Å²) in [4.78, 5) is 14.8. The topological polar surface area (TPSA) is 58.4 Å². The molecule has 120 valence electrons. The lowest BCUT2D eigenvalue weighted by Crippen LogP contribution is -2.54. The Morgan fingerprint density at radius 2 is 2.00 bits per heavy atom. The molecule has 2 unspecified atom stereocenters. The molecule has 1 aliphatic heterocycles. The third-order valence-corrected chi connectivity index (χ3v) is 5.01. The molecule has 2 aliphatic rings. The molecule has 4 heteroatoms. The lowest BCUT2D eigenvalue weighted by molar-refractivity contribution is -0.123. The first kappa shape index (κ1) is 15.3. The number of amides is 1. The number of anilines is 1. The molecule has 1 saturated carbocycles. The van der Waals surface area contributed by atoms with E-state index < -0.39 is 0 Å². The second-order valence-electron chi connectivity index (χ2n) is 6.76. The molecule has 0 aromatic heterocycles. The van der Waals surface area contributed by atoms with Crippen LogP contribution in [0.5, 0.6) is 0 Å². The average Bonchev–Trinajstić information content (AvgIpc) is 2.54. The minimum atomic E-state index is -0.172. The minimum absolute atomic E-state index is 0.0971. The van der Waals surface area contributed by atoms with E-state index in [1.54, 1.807) is 0 Å². The first-order valence-corrected chi connectivity index (χ1v) is 8.55. The van der Waals surface area contributed by atoms with Crippen molar-refractivity contribution in [2.45, 2.75) is 63.6 Å². The molecular weight excluding hydrogens is 274 g/mol. The Balaban J connectivity index is 1.71. The number of nitrogens with two attached hydrogens (primary N) is 1. The lowest BCUT2D eigenvalue weighted by atomic mass is 9.94. The van der Waals surface area contributed by atoms with Gasteiger partial charge in [-0.15, -0.1) is 0 Å². The average molecular weight is 301 g/mol. The Hall–Kier alpha value is -1.55. The molecule has 1 aromatic rings. The second kappa shape index (κ2) is 6.69. The zero-order chi connectivity index (χ0) is 15.5. The first-order chi connectivity index (χ1) is 10.6. The predicted molar refractivity (Wildman–Crippen MR) is 89.9 cm³/mol. The second-order valence-corrected chi connectivity index (χ2v) is 6.76. The van der Waals surface area contributed by atoms with E-state index in [0.29, 0.717) is 6.04 Å². The first-order valence-electron chi connectivity index (χ1n) is 8.55. The Labute approximate surface area is 133 Å². The van der Waals surface area contributed by atoms with Crippen LogP contribution in [0.1, 0.15) is 44.6 Å². The molecule has 22 heavy (non-hydrogen) atoms. The van der Waals surface area contributed by atoms with Gasteiger partial charge in [-0.2, -0.15) is 0 Å². The van der Waals surface area contributed by atoms with Gasteiger partial charge in [0.25, 0.3) is 0 Å². The standard InChI is InChI=1S/C18H27N3O/c1-13(18(22)20-16-8-3-2-4-9-16)21-12-15(19)11-14-7-5-6-10-17(14)21/h5-7,10,13,15-16H,2-4,8-9,11-12,19H2,1H3,(H,20,22). The molecule has 4 nitrogen and oxygen atoms in total. The van der Waals surface area contributed by atoms with Crippen molar-refractivity contribution in [3.8, 4) is 0 Å². The summed E-state index contributed by atoms with van der Waals surface area (Å²) in [6.07, 6.45) is 6.90. The van der Waals surface area contributed by atoms with Crippen LogP contribution in [0.2, 0.25) is 0 Å². The molecule has 1 aliphatic carbocycles. The molecule has 0 saturated heterocycles. The molecule has 1 aromatic carbocycles.